The van der Waals surface area contributed by atoms with Crippen LogP contribution in [0.15, 0.2) is 0 Å². The van der Waals surface area contributed by atoms with Crippen LogP contribution in [0.25, 0.3) is 5.32 Å². The van der Waals surface area contributed by atoms with E-state index in [0.717, 1.165) is 12.0 Å². The zero-order chi connectivity index (χ0) is 10.1. The van der Waals surface area contributed by atoms with Crippen molar-refractivity contribution in [2.24, 2.45) is 5.92 Å². The Kier molecular flexibility index (Phi) is 4.79. The summed E-state index contributed by atoms with van der Waals surface area (Å²) < 4.78 is 0. The molecule has 0 radical (unpaired) electrons. The van der Waals surface area contributed by atoms with Gasteiger partial charge in [-0.05, 0) is 32.5 Å². The first-order valence-electron chi connectivity index (χ1n) is 6.84. The van der Waals surface area contributed by atoms with Gasteiger partial charge in [-0.1, -0.05) is 38.0 Å². The average Bonchev–Trinajstić information content (AvgIpc) is 2.86. The Morgan fingerprint density at radius 2 is 1.75 bits per heavy atom. The number of likely N-dealkylation sites (tertiary alicyclic amines) is 1. The molecular weight excluding hydrogens is 191 g/mol. The molecule has 0 aromatic heterocycles. The van der Waals surface area contributed by atoms with Crippen molar-refractivity contribution in [2.45, 2.75) is 57.0 Å². The van der Waals surface area contributed by atoms with Gasteiger partial charge in [0.2, 0.25) is 0 Å². The summed E-state index contributed by atoms with van der Waals surface area (Å²) in [5.74, 6) is 0.964. The summed E-state index contributed by atoms with van der Waals surface area (Å²) >= 11 is 0. The molecule has 3 heteroatoms. The van der Waals surface area contributed by atoms with Crippen LogP contribution in [0.3, 0.4) is 0 Å². The van der Waals surface area contributed by atoms with Gasteiger partial charge in [0.25, 0.3) is 0 Å². The summed E-state index contributed by atoms with van der Waals surface area (Å²) in [5, 5.41) is 5.03. The van der Waals surface area contributed by atoms with Crippen LogP contribution >= 0.6 is 0 Å². The van der Waals surface area contributed by atoms with E-state index in [1.54, 1.807) is 0 Å². The molecule has 2 saturated heterocycles. The molecule has 0 spiro atoms. The first kappa shape index (κ1) is 13.0. The Bertz CT molecular complexity index is 202. The molecule has 0 N–H and O–H groups in total. The second-order valence-corrected chi connectivity index (χ2v) is 5.66. The van der Waals surface area contributed by atoms with Gasteiger partial charge in [-0.15, -0.1) is 12.1 Å². The monoisotopic (exact) mass is 214 g/mol. The van der Waals surface area contributed by atoms with Gasteiger partial charge in [0.15, 0.2) is 0 Å². The van der Waals surface area contributed by atoms with Gasteiger partial charge in [-0.3, -0.25) is 0 Å². The van der Waals surface area contributed by atoms with Crippen LogP contribution in [0, 0.1) is 5.92 Å². The Labute approximate surface area is 112 Å². The summed E-state index contributed by atoms with van der Waals surface area (Å²) in [5.41, 5.74) is 0. The fourth-order valence-electron chi connectivity index (χ4n) is 3.73. The van der Waals surface area contributed by atoms with Crippen molar-refractivity contribution in [3.8, 4) is 0 Å². The minimum Gasteiger partial charge on any atom is -0.655 e. The van der Waals surface area contributed by atoms with Crippen molar-refractivity contribution in [3.05, 3.63) is 5.32 Å². The summed E-state index contributed by atoms with van der Waals surface area (Å²) in [7, 11) is 0. The van der Waals surface area contributed by atoms with Crippen molar-refractivity contribution in [1.82, 2.24) is 4.90 Å². The molecule has 0 aromatic carbocycles. The van der Waals surface area contributed by atoms with E-state index in [0.29, 0.717) is 6.04 Å². The molecule has 2 nitrogen and oxygen atoms in total. The molecule has 0 aromatic rings. The van der Waals surface area contributed by atoms with Crippen molar-refractivity contribution in [3.63, 3.8) is 0 Å². The number of hydrogen-bond donors (Lipinski definition) is 0. The minimum atomic E-state index is 0. The molecule has 3 fully saturated rings. The smallest absolute Gasteiger partial charge is 0.655 e. The standard InChI is InChI=1S/C13H23N2.Li/c1-2-6-13-11(5-1)9-12(14-13)10-15-7-3-4-8-15;/h11-13H,1-10H2;/q-1;+1/t11-,12-,13-;/m0./s1. The van der Waals surface area contributed by atoms with E-state index in [2.05, 4.69) is 4.90 Å². The summed E-state index contributed by atoms with van der Waals surface area (Å²) in [6.45, 7) is 3.94. The van der Waals surface area contributed by atoms with E-state index in [-0.39, 0.29) is 18.9 Å². The average molecular weight is 214 g/mol. The predicted octanol–water partition coefficient (Wildman–Crippen LogP) is -0.209. The third-order valence-electron chi connectivity index (χ3n) is 4.51. The first-order valence-corrected chi connectivity index (χ1v) is 6.84. The Morgan fingerprint density at radius 1 is 1.00 bits per heavy atom. The number of fused-ring (bicyclic) bond motifs is 1. The summed E-state index contributed by atoms with van der Waals surface area (Å²) in [6, 6.07) is 1.45. The maximum absolute atomic E-state index is 5.03. The second kappa shape index (κ2) is 5.91. The van der Waals surface area contributed by atoms with Crippen LogP contribution in [-0.4, -0.2) is 36.6 Å². The number of nitrogens with zero attached hydrogens (tertiary/aromatic N) is 2. The maximum Gasteiger partial charge on any atom is 1.00 e. The van der Waals surface area contributed by atoms with E-state index >= 15 is 0 Å². The van der Waals surface area contributed by atoms with Gasteiger partial charge < -0.3 is 10.2 Å². The molecular formula is C13H23LiN2. The topological polar surface area (TPSA) is 17.3 Å². The maximum atomic E-state index is 5.03. The van der Waals surface area contributed by atoms with E-state index in [9.17, 15) is 0 Å². The fourth-order valence-corrected chi connectivity index (χ4v) is 3.73. The molecule has 0 amide bonds. The SMILES string of the molecule is C1CC[C@@H]2[N-][C@H](CN3CCCC3)C[C@@H]2C1.[Li+]. The second-order valence-electron chi connectivity index (χ2n) is 5.66. The summed E-state index contributed by atoms with van der Waals surface area (Å²) in [6.07, 6.45) is 9.99. The van der Waals surface area contributed by atoms with Gasteiger partial charge in [-0.2, -0.15) is 0 Å². The van der Waals surface area contributed by atoms with Crippen LogP contribution in [0.2, 0.25) is 0 Å². The largest absolute Gasteiger partial charge is 1.00 e. The van der Waals surface area contributed by atoms with Crippen molar-refractivity contribution in [1.29, 1.82) is 0 Å². The van der Waals surface area contributed by atoms with Crippen LogP contribution < -0.4 is 18.9 Å². The molecule has 2 aliphatic heterocycles. The first-order chi connectivity index (χ1) is 7.42. The van der Waals surface area contributed by atoms with Crippen LogP contribution in [-0.2, 0) is 0 Å². The van der Waals surface area contributed by atoms with E-state index < -0.39 is 0 Å². The normalized spacial score (nSPS) is 39.4. The van der Waals surface area contributed by atoms with E-state index in [1.165, 1.54) is 64.6 Å². The third-order valence-corrected chi connectivity index (χ3v) is 4.51. The summed E-state index contributed by atoms with van der Waals surface area (Å²) in [4.78, 5) is 2.63. The van der Waals surface area contributed by atoms with Gasteiger partial charge in [0.1, 0.15) is 0 Å². The minimum absolute atomic E-state index is 0. The molecule has 1 aliphatic carbocycles. The molecule has 86 valence electrons. The molecule has 3 aliphatic rings. The van der Waals surface area contributed by atoms with Crippen molar-refractivity contribution in [2.75, 3.05) is 19.6 Å². The molecule has 0 bridgehead atoms. The predicted molar refractivity (Wildman–Crippen MR) is 63.2 cm³/mol. The number of rotatable bonds is 2. The molecule has 3 atom stereocenters. The third kappa shape index (κ3) is 2.85. The Morgan fingerprint density at radius 3 is 2.50 bits per heavy atom. The van der Waals surface area contributed by atoms with Gasteiger partial charge in [-0.25, -0.2) is 0 Å². The van der Waals surface area contributed by atoms with Gasteiger partial charge in [0, 0.05) is 0 Å². The van der Waals surface area contributed by atoms with Crippen LogP contribution in [0.1, 0.15) is 44.9 Å². The van der Waals surface area contributed by atoms with Gasteiger partial charge >= 0.3 is 18.9 Å². The Hall–Kier alpha value is 0.517. The number of hydrogen-bond acceptors (Lipinski definition) is 1. The zero-order valence-corrected chi connectivity index (χ0v) is 10.7. The Balaban J connectivity index is 0.000000963. The van der Waals surface area contributed by atoms with Gasteiger partial charge in [0.05, 0.1) is 0 Å². The molecule has 3 rings (SSSR count). The molecule has 1 saturated carbocycles. The van der Waals surface area contributed by atoms with Crippen LogP contribution in [0.4, 0.5) is 0 Å². The van der Waals surface area contributed by atoms with Crippen LogP contribution in [0.5, 0.6) is 0 Å². The van der Waals surface area contributed by atoms with E-state index in [4.69, 9.17) is 5.32 Å². The van der Waals surface area contributed by atoms with Crippen molar-refractivity contribution < 1.29 is 18.9 Å². The quantitative estimate of drug-likeness (QED) is 0.582. The molecule has 16 heavy (non-hydrogen) atoms. The fraction of sp³-hybridized carbons (Fsp3) is 1.00. The van der Waals surface area contributed by atoms with Crippen molar-refractivity contribution >= 4 is 0 Å². The molecule has 2 heterocycles. The van der Waals surface area contributed by atoms with E-state index in [1.807, 2.05) is 0 Å². The zero-order valence-electron chi connectivity index (χ0n) is 10.7. The molecule has 0 unspecified atom stereocenters.